The summed E-state index contributed by atoms with van der Waals surface area (Å²) < 4.78 is 2.24. The molecule has 0 N–H and O–H groups in total. The minimum absolute atomic E-state index is 1.17. The maximum atomic E-state index is 4.22. The van der Waals surface area contributed by atoms with Gasteiger partial charge < -0.3 is 4.57 Å². The minimum Gasteiger partial charge on any atom is -0.335 e. The molecule has 2 rings (SSSR count). The number of imidazole rings is 1. The third-order valence-electron chi connectivity index (χ3n) is 1.85. The number of hydrogen-bond acceptors (Lipinski definition) is 1. The highest BCUT2D eigenvalue weighted by molar-refractivity contribution is 4.94. The van der Waals surface area contributed by atoms with Crippen LogP contribution in [-0.2, 0) is 13.0 Å². The minimum atomic E-state index is 1.17. The van der Waals surface area contributed by atoms with Crippen LogP contribution in [0, 0.1) is 0 Å². The van der Waals surface area contributed by atoms with E-state index in [1.807, 2.05) is 20.0 Å². The highest BCUT2D eigenvalue weighted by Gasteiger charge is 2.06. The van der Waals surface area contributed by atoms with Crippen molar-refractivity contribution in [3.63, 3.8) is 0 Å². The summed E-state index contributed by atoms with van der Waals surface area (Å²) in [6.07, 6.45) is 7.77. The van der Waals surface area contributed by atoms with Gasteiger partial charge in [-0.3, -0.25) is 0 Å². The van der Waals surface area contributed by atoms with Gasteiger partial charge in [0.15, 0.2) is 0 Å². The molecule has 0 radical (unpaired) electrons. The molecule has 0 amide bonds. The molecule has 1 aliphatic rings. The van der Waals surface area contributed by atoms with E-state index in [1.165, 1.54) is 31.6 Å². The highest BCUT2D eigenvalue weighted by Crippen LogP contribution is 2.10. The number of nitrogens with zero attached hydrogens (tertiary/aromatic N) is 2. The number of hydrogen-bond donors (Lipinski definition) is 0. The largest absolute Gasteiger partial charge is 0.335 e. The lowest BCUT2D eigenvalue weighted by Crippen LogP contribution is -2.08. The molecule has 0 aromatic carbocycles. The Morgan fingerprint density at radius 1 is 1.36 bits per heavy atom. The van der Waals surface area contributed by atoms with E-state index in [9.17, 15) is 0 Å². The van der Waals surface area contributed by atoms with Gasteiger partial charge >= 0.3 is 0 Å². The number of rotatable bonds is 0. The molecule has 0 unspecified atom stereocenters. The summed E-state index contributed by atoms with van der Waals surface area (Å²) in [6.45, 7) is 5.18. The Hall–Kier alpha value is -0.790. The van der Waals surface area contributed by atoms with Crippen LogP contribution < -0.4 is 0 Å². The molecule has 2 heterocycles. The molecule has 2 nitrogen and oxygen atoms in total. The van der Waals surface area contributed by atoms with Crippen molar-refractivity contribution in [2.75, 3.05) is 0 Å². The molecule has 1 aromatic heterocycles. The first kappa shape index (κ1) is 8.31. The molecule has 0 bridgehead atoms. The molecule has 0 spiro atoms. The first-order valence-corrected chi connectivity index (χ1v) is 4.47. The molecule has 0 fully saturated rings. The summed E-state index contributed by atoms with van der Waals surface area (Å²) in [5, 5.41) is 0. The summed E-state index contributed by atoms with van der Waals surface area (Å²) in [7, 11) is 0. The maximum absolute atomic E-state index is 4.22. The smallest absolute Gasteiger partial charge is 0.108 e. The van der Waals surface area contributed by atoms with Crippen molar-refractivity contribution in [3.8, 4) is 0 Å². The van der Waals surface area contributed by atoms with Crippen LogP contribution in [0.15, 0.2) is 12.4 Å². The summed E-state index contributed by atoms with van der Waals surface area (Å²) in [6, 6.07) is 0. The van der Waals surface area contributed by atoms with Crippen LogP contribution in [0.3, 0.4) is 0 Å². The number of fused-ring (bicyclic) bond motifs is 1. The van der Waals surface area contributed by atoms with Crippen molar-refractivity contribution in [3.05, 3.63) is 18.2 Å². The van der Waals surface area contributed by atoms with Crippen LogP contribution in [-0.4, -0.2) is 9.55 Å². The zero-order valence-electron chi connectivity index (χ0n) is 7.38. The number of aryl methyl sites for hydroxylation is 2. The zero-order chi connectivity index (χ0) is 8.10. The van der Waals surface area contributed by atoms with Crippen LogP contribution in [0.25, 0.3) is 0 Å². The van der Waals surface area contributed by atoms with Gasteiger partial charge in [-0.15, -0.1) is 0 Å². The van der Waals surface area contributed by atoms with Crippen LogP contribution in [0.4, 0.5) is 0 Å². The molecule has 1 aromatic rings. The molecule has 0 saturated carbocycles. The first-order valence-electron chi connectivity index (χ1n) is 4.47. The Bertz CT molecular complexity index is 183. The summed E-state index contributed by atoms with van der Waals surface area (Å²) in [4.78, 5) is 4.22. The monoisotopic (exact) mass is 152 g/mol. The molecule has 11 heavy (non-hydrogen) atoms. The Morgan fingerprint density at radius 2 is 2.18 bits per heavy atom. The molecule has 1 aliphatic heterocycles. The first-order chi connectivity index (χ1) is 5.47. The fourth-order valence-corrected chi connectivity index (χ4v) is 1.34. The van der Waals surface area contributed by atoms with Crippen molar-refractivity contribution < 1.29 is 0 Å². The Kier molecular flexibility index (Phi) is 3.14. The van der Waals surface area contributed by atoms with Gasteiger partial charge in [0.05, 0.1) is 0 Å². The average molecular weight is 152 g/mol. The molecule has 62 valence electrons. The molecule has 2 heteroatoms. The van der Waals surface area contributed by atoms with Gasteiger partial charge in [0.1, 0.15) is 5.82 Å². The van der Waals surface area contributed by atoms with Crippen molar-refractivity contribution in [1.82, 2.24) is 9.55 Å². The maximum Gasteiger partial charge on any atom is 0.108 e. The quantitative estimate of drug-likeness (QED) is 0.557. The summed E-state index contributed by atoms with van der Waals surface area (Å²) in [5.74, 6) is 1.27. The normalized spacial score (nSPS) is 14.7. The van der Waals surface area contributed by atoms with Crippen LogP contribution in [0.1, 0.15) is 32.5 Å². The fraction of sp³-hybridized carbons (Fsp3) is 0.667. The van der Waals surface area contributed by atoms with Gasteiger partial charge in [0, 0.05) is 25.4 Å². The zero-order valence-corrected chi connectivity index (χ0v) is 7.38. The lowest BCUT2D eigenvalue weighted by molar-refractivity contribution is 0.522. The molecule has 0 atom stereocenters. The van der Waals surface area contributed by atoms with Crippen molar-refractivity contribution in [2.24, 2.45) is 0 Å². The van der Waals surface area contributed by atoms with Gasteiger partial charge in [0.2, 0.25) is 0 Å². The van der Waals surface area contributed by atoms with E-state index in [0.717, 1.165) is 0 Å². The van der Waals surface area contributed by atoms with Gasteiger partial charge in [-0.25, -0.2) is 4.98 Å². The van der Waals surface area contributed by atoms with Crippen molar-refractivity contribution in [2.45, 2.75) is 39.7 Å². The van der Waals surface area contributed by atoms with Gasteiger partial charge in [0.25, 0.3) is 0 Å². The van der Waals surface area contributed by atoms with E-state index >= 15 is 0 Å². The van der Waals surface area contributed by atoms with E-state index in [4.69, 9.17) is 0 Å². The topological polar surface area (TPSA) is 17.8 Å². The van der Waals surface area contributed by atoms with Crippen LogP contribution >= 0.6 is 0 Å². The van der Waals surface area contributed by atoms with E-state index in [0.29, 0.717) is 0 Å². The Labute approximate surface area is 68.3 Å². The lowest BCUT2D eigenvalue weighted by Gasteiger charge is -2.11. The third kappa shape index (κ3) is 1.82. The molecular formula is C9H16N2. The standard InChI is InChI=1S/C7H10N2.C2H6/c1-2-5-9-6-4-8-7(9)3-1;1-2/h4,6H,1-3,5H2;1-2H3. The van der Waals surface area contributed by atoms with E-state index in [1.54, 1.807) is 0 Å². The van der Waals surface area contributed by atoms with E-state index in [-0.39, 0.29) is 0 Å². The Morgan fingerprint density at radius 3 is 2.91 bits per heavy atom. The second-order valence-electron chi connectivity index (χ2n) is 2.49. The second-order valence-corrected chi connectivity index (χ2v) is 2.49. The summed E-state index contributed by atoms with van der Waals surface area (Å²) in [5.41, 5.74) is 0. The second kappa shape index (κ2) is 4.16. The molecular weight excluding hydrogens is 136 g/mol. The Balaban J connectivity index is 0.000000281. The van der Waals surface area contributed by atoms with Crippen LogP contribution in [0.2, 0.25) is 0 Å². The predicted molar refractivity (Wildman–Crippen MR) is 46.5 cm³/mol. The van der Waals surface area contributed by atoms with Crippen LogP contribution in [0.5, 0.6) is 0 Å². The highest BCUT2D eigenvalue weighted by atomic mass is 15.1. The van der Waals surface area contributed by atoms with Crippen molar-refractivity contribution in [1.29, 1.82) is 0 Å². The van der Waals surface area contributed by atoms with E-state index in [2.05, 4.69) is 15.7 Å². The van der Waals surface area contributed by atoms with E-state index < -0.39 is 0 Å². The average Bonchev–Trinajstić information content (AvgIpc) is 2.55. The fourth-order valence-electron chi connectivity index (χ4n) is 1.34. The van der Waals surface area contributed by atoms with Gasteiger partial charge in [-0.2, -0.15) is 0 Å². The molecule has 0 aliphatic carbocycles. The van der Waals surface area contributed by atoms with Gasteiger partial charge in [-0.1, -0.05) is 13.8 Å². The van der Waals surface area contributed by atoms with Crippen molar-refractivity contribution >= 4 is 0 Å². The van der Waals surface area contributed by atoms with Gasteiger partial charge in [-0.05, 0) is 12.8 Å². The number of aromatic nitrogens is 2. The molecule has 0 saturated heterocycles. The summed E-state index contributed by atoms with van der Waals surface area (Å²) >= 11 is 0. The third-order valence-corrected chi connectivity index (χ3v) is 1.85. The SMILES string of the molecule is CC.c1cn2c(n1)CCCC2. The predicted octanol–water partition coefficient (Wildman–Crippen LogP) is 2.25. The lowest BCUT2D eigenvalue weighted by atomic mass is 10.2.